The second-order valence-electron chi connectivity index (χ2n) is 5.78. The molecule has 142 valence electrons. The third-order valence-electron chi connectivity index (χ3n) is 3.39. The fourth-order valence-electron chi connectivity index (χ4n) is 2.19. The van der Waals surface area contributed by atoms with Crippen molar-refractivity contribution in [3.8, 4) is 23.3 Å². The van der Waals surface area contributed by atoms with E-state index in [9.17, 15) is 4.79 Å². The zero-order chi connectivity index (χ0) is 19.8. The van der Waals surface area contributed by atoms with Gasteiger partial charge < -0.3 is 18.9 Å². The highest BCUT2D eigenvalue weighted by Gasteiger charge is 2.17. The largest absolute Gasteiger partial charge is 0.493 e. The zero-order valence-corrected chi connectivity index (χ0v) is 16.1. The van der Waals surface area contributed by atoms with E-state index < -0.39 is 5.97 Å². The van der Waals surface area contributed by atoms with Crippen LogP contribution in [0.1, 0.15) is 29.8 Å². The summed E-state index contributed by atoms with van der Waals surface area (Å²) in [5.41, 5.74) is 0.802. The average molecular weight is 390 g/mol. The Morgan fingerprint density at radius 3 is 2.48 bits per heavy atom. The molecule has 2 aromatic rings. The number of methoxy groups -OCH3 is 1. The molecule has 0 N–H and O–H groups in total. The van der Waals surface area contributed by atoms with Gasteiger partial charge in [-0.2, -0.15) is 5.26 Å². The van der Waals surface area contributed by atoms with E-state index in [-0.39, 0.29) is 29.9 Å². The van der Waals surface area contributed by atoms with E-state index in [0.717, 1.165) is 0 Å². The SMILES string of the molecule is COc1cc(C(=O)OCCOc2ccc(C#N)cc2)cc(Cl)c1OC(C)C. The molecule has 0 aliphatic carbocycles. The van der Waals surface area contributed by atoms with Gasteiger partial charge in [0.05, 0.1) is 35.4 Å². The molecular formula is C20H20ClNO5. The number of carbonyl (C=O) groups excluding carboxylic acids is 1. The minimum atomic E-state index is -0.547. The Labute approximate surface area is 163 Å². The first-order chi connectivity index (χ1) is 12.9. The van der Waals surface area contributed by atoms with E-state index in [0.29, 0.717) is 22.8 Å². The number of halogens is 1. The van der Waals surface area contributed by atoms with Gasteiger partial charge in [0.25, 0.3) is 0 Å². The standard InChI is InChI=1S/C20H20ClNO5/c1-13(2)27-19-17(21)10-15(11-18(19)24-3)20(23)26-9-8-25-16-6-4-14(12-22)5-7-16/h4-7,10-11,13H,8-9H2,1-3H3. The van der Waals surface area contributed by atoms with Crippen LogP contribution in [0.4, 0.5) is 0 Å². The molecule has 27 heavy (non-hydrogen) atoms. The first-order valence-corrected chi connectivity index (χ1v) is 8.66. The molecule has 0 aromatic heterocycles. The van der Waals surface area contributed by atoms with Gasteiger partial charge in [-0.3, -0.25) is 0 Å². The molecule has 0 aliphatic rings. The van der Waals surface area contributed by atoms with Crippen LogP contribution in [0.3, 0.4) is 0 Å². The molecule has 6 nitrogen and oxygen atoms in total. The lowest BCUT2D eigenvalue weighted by atomic mass is 10.2. The van der Waals surface area contributed by atoms with Gasteiger partial charge in [-0.05, 0) is 50.2 Å². The van der Waals surface area contributed by atoms with Crippen LogP contribution in [-0.4, -0.2) is 32.4 Å². The lowest BCUT2D eigenvalue weighted by Gasteiger charge is -2.16. The number of rotatable bonds is 8. The molecule has 0 saturated heterocycles. The molecule has 0 bridgehead atoms. The molecule has 0 amide bonds. The van der Waals surface area contributed by atoms with Gasteiger partial charge in [-0.1, -0.05) is 11.6 Å². The second kappa shape index (κ2) is 9.70. The fourth-order valence-corrected chi connectivity index (χ4v) is 2.45. The van der Waals surface area contributed by atoms with E-state index in [1.807, 2.05) is 19.9 Å². The number of hydrogen-bond donors (Lipinski definition) is 0. The number of benzene rings is 2. The number of nitriles is 1. The lowest BCUT2D eigenvalue weighted by molar-refractivity contribution is 0.0450. The number of ether oxygens (including phenoxy) is 4. The molecule has 0 spiro atoms. The summed E-state index contributed by atoms with van der Waals surface area (Å²) in [4.78, 5) is 12.2. The first kappa shape index (κ1) is 20.4. The first-order valence-electron chi connectivity index (χ1n) is 8.29. The van der Waals surface area contributed by atoms with E-state index in [2.05, 4.69) is 0 Å². The Bertz CT molecular complexity index is 828. The third kappa shape index (κ3) is 5.80. The zero-order valence-electron chi connectivity index (χ0n) is 15.3. The van der Waals surface area contributed by atoms with Crippen LogP contribution in [0.15, 0.2) is 36.4 Å². The van der Waals surface area contributed by atoms with E-state index in [1.165, 1.54) is 19.2 Å². The van der Waals surface area contributed by atoms with Crippen molar-refractivity contribution in [2.45, 2.75) is 20.0 Å². The Morgan fingerprint density at radius 1 is 1.19 bits per heavy atom. The highest BCUT2D eigenvalue weighted by molar-refractivity contribution is 6.32. The van der Waals surface area contributed by atoms with Crippen LogP contribution in [-0.2, 0) is 4.74 Å². The summed E-state index contributed by atoms with van der Waals surface area (Å²) >= 11 is 6.21. The topological polar surface area (TPSA) is 77.8 Å². The predicted octanol–water partition coefficient (Wildman–Crippen LogP) is 4.24. The summed E-state index contributed by atoms with van der Waals surface area (Å²) in [6, 6.07) is 11.7. The molecule has 0 heterocycles. The normalized spacial score (nSPS) is 10.2. The number of esters is 1. The van der Waals surface area contributed by atoms with E-state index in [1.54, 1.807) is 24.3 Å². The maximum Gasteiger partial charge on any atom is 0.338 e. The van der Waals surface area contributed by atoms with E-state index >= 15 is 0 Å². The molecule has 2 rings (SSSR count). The maximum atomic E-state index is 12.2. The third-order valence-corrected chi connectivity index (χ3v) is 3.67. The van der Waals surface area contributed by atoms with Gasteiger partial charge in [-0.15, -0.1) is 0 Å². The molecule has 0 saturated carbocycles. The summed E-state index contributed by atoms with van der Waals surface area (Å²) < 4.78 is 21.5. The fraction of sp³-hybridized carbons (Fsp3) is 0.300. The van der Waals surface area contributed by atoms with Crippen LogP contribution in [0.25, 0.3) is 0 Å². The minimum absolute atomic E-state index is 0.0585. The summed E-state index contributed by atoms with van der Waals surface area (Å²) in [7, 11) is 1.47. The van der Waals surface area contributed by atoms with E-state index in [4.69, 9.17) is 35.8 Å². The van der Waals surface area contributed by atoms with Crippen LogP contribution in [0, 0.1) is 11.3 Å². The molecular weight excluding hydrogens is 370 g/mol. The Hall–Kier alpha value is -2.91. The van der Waals surface area contributed by atoms with Gasteiger partial charge in [0.2, 0.25) is 0 Å². The number of nitrogens with zero attached hydrogens (tertiary/aromatic N) is 1. The average Bonchev–Trinajstić information content (AvgIpc) is 2.66. The smallest absolute Gasteiger partial charge is 0.338 e. The van der Waals surface area contributed by atoms with Crippen molar-refractivity contribution in [2.24, 2.45) is 0 Å². The van der Waals surface area contributed by atoms with Crippen molar-refractivity contribution in [2.75, 3.05) is 20.3 Å². The Kier molecular flexibility index (Phi) is 7.33. The monoisotopic (exact) mass is 389 g/mol. The molecule has 0 aliphatic heterocycles. The minimum Gasteiger partial charge on any atom is -0.493 e. The highest BCUT2D eigenvalue weighted by atomic mass is 35.5. The van der Waals surface area contributed by atoms with Crippen molar-refractivity contribution in [3.63, 3.8) is 0 Å². The summed E-state index contributed by atoms with van der Waals surface area (Å²) in [5, 5.41) is 9.02. The van der Waals surface area contributed by atoms with Gasteiger partial charge in [0.1, 0.15) is 19.0 Å². The van der Waals surface area contributed by atoms with Gasteiger partial charge >= 0.3 is 5.97 Å². The Morgan fingerprint density at radius 2 is 1.89 bits per heavy atom. The van der Waals surface area contributed by atoms with Crippen LogP contribution < -0.4 is 14.2 Å². The highest BCUT2D eigenvalue weighted by Crippen LogP contribution is 2.37. The van der Waals surface area contributed by atoms with Crippen molar-refractivity contribution in [1.82, 2.24) is 0 Å². The summed E-state index contributed by atoms with van der Waals surface area (Å²) in [6.07, 6.45) is -0.0893. The summed E-state index contributed by atoms with van der Waals surface area (Å²) in [5.74, 6) is 0.784. The number of carbonyl (C=O) groups is 1. The van der Waals surface area contributed by atoms with Crippen molar-refractivity contribution in [1.29, 1.82) is 5.26 Å². The van der Waals surface area contributed by atoms with Crippen molar-refractivity contribution < 1.29 is 23.7 Å². The maximum absolute atomic E-state index is 12.2. The molecule has 0 radical (unpaired) electrons. The van der Waals surface area contributed by atoms with Gasteiger partial charge in [-0.25, -0.2) is 4.79 Å². The van der Waals surface area contributed by atoms with Crippen molar-refractivity contribution in [3.05, 3.63) is 52.5 Å². The molecule has 7 heteroatoms. The quantitative estimate of drug-likeness (QED) is 0.496. The molecule has 0 fully saturated rings. The van der Waals surface area contributed by atoms with Gasteiger partial charge in [0.15, 0.2) is 11.5 Å². The van der Waals surface area contributed by atoms with Gasteiger partial charge in [0, 0.05) is 0 Å². The molecule has 2 aromatic carbocycles. The number of hydrogen-bond acceptors (Lipinski definition) is 6. The second-order valence-corrected chi connectivity index (χ2v) is 6.18. The molecule has 0 unspecified atom stereocenters. The molecule has 0 atom stereocenters. The van der Waals surface area contributed by atoms with Crippen molar-refractivity contribution >= 4 is 17.6 Å². The summed E-state index contributed by atoms with van der Waals surface area (Å²) in [6.45, 7) is 3.97. The van der Waals surface area contributed by atoms with Crippen LogP contribution in [0.5, 0.6) is 17.2 Å². The lowest BCUT2D eigenvalue weighted by Crippen LogP contribution is -2.13. The van der Waals surface area contributed by atoms with Crippen LogP contribution in [0.2, 0.25) is 5.02 Å². The Balaban J connectivity index is 1.93. The van der Waals surface area contributed by atoms with Crippen LogP contribution >= 0.6 is 11.6 Å². The predicted molar refractivity (Wildman–Crippen MR) is 101 cm³/mol.